The Hall–Kier alpha value is -1.52. The van der Waals surface area contributed by atoms with Gasteiger partial charge in [0.05, 0.1) is 11.1 Å². The summed E-state index contributed by atoms with van der Waals surface area (Å²) in [5.41, 5.74) is -0.234. The van der Waals surface area contributed by atoms with Crippen LogP contribution in [-0.2, 0) is 12.4 Å². The lowest BCUT2D eigenvalue weighted by Gasteiger charge is -2.21. The van der Waals surface area contributed by atoms with Crippen LogP contribution in [0.1, 0.15) is 35.6 Å². The minimum absolute atomic E-state index is 0.224. The first-order valence-corrected chi connectivity index (χ1v) is 5.93. The van der Waals surface area contributed by atoms with E-state index in [0.29, 0.717) is 0 Å². The van der Waals surface area contributed by atoms with Gasteiger partial charge in [0.25, 0.3) is 0 Å². The summed E-state index contributed by atoms with van der Waals surface area (Å²) in [7, 11) is 0. The first-order chi connectivity index (χ1) is 10.1. The van der Waals surface area contributed by atoms with Crippen LogP contribution in [0.25, 0.3) is 0 Å². The van der Waals surface area contributed by atoms with E-state index in [2.05, 4.69) is 0 Å². The zero-order valence-electron chi connectivity index (χ0n) is 11.0. The van der Waals surface area contributed by atoms with Crippen molar-refractivity contribution in [3.05, 3.63) is 34.6 Å². The zero-order valence-corrected chi connectivity index (χ0v) is 11.0. The van der Waals surface area contributed by atoms with Crippen molar-refractivity contribution in [3.63, 3.8) is 0 Å². The van der Waals surface area contributed by atoms with Crippen LogP contribution >= 0.6 is 0 Å². The minimum atomic E-state index is -5.41. The largest absolute Gasteiger partial charge is 0.416 e. The summed E-state index contributed by atoms with van der Waals surface area (Å²) >= 11 is 0. The highest BCUT2D eigenvalue weighted by Gasteiger charge is 2.41. The van der Waals surface area contributed by atoms with Crippen LogP contribution in [0.15, 0.2) is 12.1 Å². The van der Waals surface area contributed by atoms with E-state index in [1.807, 2.05) is 0 Å². The molecule has 0 heterocycles. The maximum atomic E-state index is 13.7. The Labute approximate surface area is 123 Å². The highest BCUT2D eigenvalue weighted by molar-refractivity contribution is 5.38. The van der Waals surface area contributed by atoms with E-state index < -0.39 is 59.9 Å². The fourth-order valence-corrected chi connectivity index (χ4v) is 1.86. The molecule has 1 atom stereocenters. The third-order valence-electron chi connectivity index (χ3n) is 2.87. The Kier molecular flexibility index (Phi) is 5.24. The van der Waals surface area contributed by atoms with E-state index >= 15 is 0 Å². The average Bonchev–Trinajstić information content (AvgIpc) is 2.31. The van der Waals surface area contributed by atoms with Crippen molar-refractivity contribution in [2.24, 2.45) is 5.73 Å². The van der Waals surface area contributed by atoms with Gasteiger partial charge in [-0.05, 0) is 18.6 Å². The smallest absolute Gasteiger partial charge is 0.324 e. The second-order valence-corrected chi connectivity index (χ2v) is 4.68. The molecule has 1 aromatic rings. The van der Waals surface area contributed by atoms with E-state index in [-0.39, 0.29) is 12.1 Å². The molecule has 0 saturated carbocycles. The van der Waals surface area contributed by atoms with Crippen molar-refractivity contribution in [2.75, 3.05) is 0 Å². The van der Waals surface area contributed by atoms with Gasteiger partial charge in [-0.2, -0.15) is 39.5 Å². The summed E-state index contributed by atoms with van der Waals surface area (Å²) in [6, 6.07) is -2.65. The summed E-state index contributed by atoms with van der Waals surface area (Å²) in [5, 5.41) is 0. The van der Waals surface area contributed by atoms with Crippen LogP contribution in [0.4, 0.5) is 43.9 Å². The quantitative estimate of drug-likeness (QED) is 0.739. The zero-order chi connectivity index (χ0) is 18.2. The van der Waals surface area contributed by atoms with Gasteiger partial charge < -0.3 is 5.73 Å². The molecule has 0 aliphatic heterocycles. The monoisotopic (exact) mass is 357 g/mol. The molecule has 0 aromatic heterocycles. The Balaban J connectivity index is 3.36. The molecule has 1 aromatic carbocycles. The summed E-state index contributed by atoms with van der Waals surface area (Å²) < 4.78 is 126. The molecule has 1 rings (SSSR count). The lowest BCUT2D eigenvalue weighted by Crippen LogP contribution is -2.23. The maximum absolute atomic E-state index is 13.7. The molecule has 1 nitrogen and oxygen atoms in total. The molecule has 11 heteroatoms. The van der Waals surface area contributed by atoms with Gasteiger partial charge in [-0.15, -0.1) is 0 Å². The van der Waals surface area contributed by atoms with Crippen LogP contribution < -0.4 is 5.73 Å². The molecule has 0 saturated heterocycles. The van der Waals surface area contributed by atoms with Crippen LogP contribution in [0.3, 0.4) is 0 Å². The Morgan fingerprint density at radius 1 is 0.870 bits per heavy atom. The fraction of sp³-hybridized carbons (Fsp3) is 0.500. The number of rotatable bonds is 3. The normalized spacial score (nSPS) is 14.9. The molecule has 0 spiro atoms. The fourth-order valence-electron chi connectivity index (χ4n) is 1.86. The first-order valence-electron chi connectivity index (χ1n) is 5.93. The molecule has 0 aliphatic carbocycles. The standard InChI is InChI=1S/C12H9F10N/c13-7-4-5(11(17,18)19)3-6(12(20,21)22)9(7)8(23)1-2-10(14,15)16/h3-4,8H,1-2,23H2/t8-/m0/s1. The summed E-state index contributed by atoms with van der Waals surface area (Å²) in [6.07, 6.45) is -18.1. The van der Waals surface area contributed by atoms with E-state index in [4.69, 9.17) is 5.73 Å². The molecule has 0 fully saturated rings. The predicted molar refractivity (Wildman–Crippen MR) is 58.6 cm³/mol. The lowest BCUT2D eigenvalue weighted by molar-refractivity contribution is -0.144. The van der Waals surface area contributed by atoms with E-state index in [0.717, 1.165) is 0 Å². The van der Waals surface area contributed by atoms with Crippen molar-refractivity contribution < 1.29 is 43.9 Å². The van der Waals surface area contributed by atoms with Crippen molar-refractivity contribution in [1.29, 1.82) is 0 Å². The SMILES string of the molecule is N[C@@H](CCC(F)(F)F)c1c(F)cc(C(F)(F)F)cc1C(F)(F)F. The van der Waals surface area contributed by atoms with Crippen molar-refractivity contribution in [1.82, 2.24) is 0 Å². The number of benzene rings is 1. The van der Waals surface area contributed by atoms with E-state index in [1.54, 1.807) is 0 Å². The van der Waals surface area contributed by atoms with Crippen molar-refractivity contribution in [3.8, 4) is 0 Å². The molecule has 0 bridgehead atoms. The Morgan fingerprint density at radius 2 is 1.39 bits per heavy atom. The topological polar surface area (TPSA) is 26.0 Å². The minimum Gasteiger partial charge on any atom is -0.324 e. The average molecular weight is 357 g/mol. The molecular weight excluding hydrogens is 348 g/mol. The predicted octanol–water partition coefficient (Wildman–Crippen LogP) is 5.21. The van der Waals surface area contributed by atoms with Crippen LogP contribution in [0, 0.1) is 5.82 Å². The van der Waals surface area contributed by atoms with Crippen LogP contribution in [0.2, 0.25) is 0 Å². The molecule has 23 heavy (non-hydrogen) atoms. The maximum Gasteiger partial charge on any atom is 0.416 e. The number of nitrogens with two attached hydrogens (primary N) is 1. The van der Waals surface area contributed by atoms with E-state index in [1.165, 1.54) is 0 Å². The third kappa shape index (κ3) is 5.26. The van der Waals surface area contributed by atoms with Crippen LogP contribution in [0.5, 0.6) is 0 Å². The number of halogens is 10. The first kappa shape index (κ1) is 19.5. The van der Waals surface area contributed by atoms with Gasteiger partial charge >= 0.3 is 18.5 Å². The number of hydrogen-bond acceptors (Lipinski definition) is 1. The van der Waals surface area contributed by atoms with Gasteiger partial charge in [0, 0.05) is 18.0 Å². The van der Waals surface area contributed by atoms with Gasteiger partial charge in [0.15, 0.2) is 0 Å². The van der Waals surface area contributed by atoms with Gasteiger partial charge in [-0.1, -0.05) is 0 Å². The van der Waals surface area contributed by atoms with Crippen molar-refractivity contribution in [2.45, 2.75) is 37.4 Å². The second kappa shape index (κ2) is 6.17. The van der Waals surface area contributed by atoms with Gasteiger partial charge in [-0.3, -0.25) is 0 Å². The Morgan fingerprint density at radius 3 is 1.78 bits per heavy atom. The molecule has 0 radical (unpaired) electrons. The molecular formula is C12H9F10N. The van der Waals surface area contributed by atoms with Gasteiger partial charge in [0.2, 0.25) is 0 Å². The third-order valence-corrected chi connectivity index (χ3v) is 2.87. The molecule has 0 unspecified atom stereocenters. The van der Waals surface area contributed by atoms with Gasteiger partial charge in [0.1, 0.15) is 5.82 Å². The second-order valence-electron chi connectivity index (χ2n) is 4.68. The molecule has 2 N–H and O–H groups in total. The number of alkyl halides is 9. The highest BCUT2D eigenvalue weighted by atomic mass is 19.4. The molecule has 0 amide bonds. The lowest BCUT2D eigenvalue weighted by atomic mass is 9.94. The molecule has 0 aliphatic rings. The summed E-state index contributed by atoms with van der Waals surface area (Å²) in [4.78, 5) is 0. The van der Waals surface area contributed by atoms with E-state index in [9.17, 15) is 43.9 Å². The summed E-state index contributed by atoms with van der Waals surface area (Å²) in [6.45, 7) is 0. The highest BCUT2D eigenvalue weighted by Crippen LogP contribution is 2.41. The summed E-state index contributed by atoms with van der Waals surface area (Å²) in [5.74, 6) is -1.96. The van der Waals surface area contributed by atoms with Crippen molar-refractivity contribution >= 4 is 0 Å². The van der Waals surface area contributed by atoms with Gasteiger partial charge in [-0.25, -0.2) is 4.39 Å². The molecule has 132 valence electrons. The Bertz CT molecular complexity index is 555. The number of hydrogen-bond donors (Lipinski definition) is 1. The van der Waals surface area contributed by atoms with Crippen LogP contribution in [-0.4, -0.2) is 6.18 Å².